The normalized spacial score (nSPS) is 21.4. The molecule has 0 amide bonds. The molecule has 2 aromatic heterocycles. The summed E-state index contributed by atoms with van der Waals surface area (Å²) in [5.41, 5.74) is 4.22. The summed E-state index contributed by atoms with van der Waals surface area (Å²) < 4.78 is 2.09. The SMILES string of the molecule is C=C/C=c1/c(=C(\C=C/C)N2C[C@@H](C)N[C@@H](C)C2)cc(C#N)c2nc3ccccc3n12. The molecule has 1 aromatic carbocycles. The summed E-state index contributed by atoms with van der Waals surface area (Å²) in [7, 11) is 0. The number of rotatable bonds is 3. The Hall–Kier alpha value is -3.36. The third-order valence-corrected chi connectivity index (χ3v) is 5.50. The fourth-order valence-electron chi connectivity index (χ4n) is 4.46. The first-order valence-corrected chi connectivity index (χ1v) is 10.4. The van der Waals surface area contributed by atoms with Crippen LogP contribution in [-0.2, 0) is 0 Å². The van der Waals surface area contributed by atoms with Crippen LogP contribution in [0.4, 0.5) is 0 Å². The average molecular weight is 398 g/mol. The fraction of sp³-hybridized carbons (Fsp3) is 0.280. The number of pyridine rings is 1. The zero-order chi connectivity index (χ0) is 21.3. The minimum Gasteiger partial charge on any atom is -0.368 e. The van der Waals surface area contributed by atoms with Gasteiger partial charge in [-0.25, -0.2) is 4.98 Å². The number of allylic oxidation sites excluding steroid dienone is 2. The van der Waals surface area contributed by atoms with Crippen LogP contribution in [0.15, 0.2) is 55.1 Å². The molecule has 0 radical (unpaired) electrons. The van der Waals surface area contributed by atoms with E-state index in [0.717, 1.165) is 40.4 Å². The lowest BCUT2D eigenvalue weighted by Gasteiger charge is -2.38. The first kappa shape index (κ1) is 19.9. The number of piperazine rings is 1. The van der Waals surface area contributed by atoms with Crippen LogP contribution < -0.4 is 15.9 Å². The van der Waals surface area contributed by atoms with Gasteiger partial charge < -0.3 is 10.2 Å². The number of fused-ring (bicyclic) bond motifs is 3. The first-order valence-electron chi connectivity index (χ1n) is 10.4. The topological polar surface area (TPSA) is 56.4 Å². The Kier molecular flexibility index (Phi) is 5.43. The Bertz CT molecular complexity index is 1300. The Morgan fingerprint density at radius 3 is 2.67 bits per heavy atom. The van der Waals surface area contributed by atoms with E-state index < -0.39 is 0 Å². The molecule has 3 heterocycles. The number of hydrogen-bond donors (Lipinski definition) is 1. The predicted molar refractivity (Wildman–Crippen MR) is 123 cm³/mol. The smallest absolute Gasteiger partial charge is 0.156 e. The van der Waals surface area contributed by atoms with Gasteiger partial charge in [-0.05, 0) is 51.1 Å². The van der Waals surface area contributed by atoms with Crippen molar-refractivity contribution < 1.29 is 0 Å². The molecule has 1 saturated heterocycles. The molecule has 0 bridgehead atoms. The summed E-state index contributed by atoms with van der Waals surface area (Å²) in [6, 6.07) is 13.1. The van der Waals surface area contributed by atoms with E-state index in [4.69, 9.17) is 4.98 Å². The van der Waals surface area contributed by atoms with Gasteiger partial charge >= 0.3 is 0 Å². The quantitative estimate of drug-likeness (QED) is 0.738. The van der Waals surface area contributed by atoms with Crippen molar-refractivity contribution >= 4 is 28.5 Å². The Labute approximate surface area is 176 Å². The van der Waals surface area contributed by atoms with Gasteiger partial charge in [0.25, 0.3) is 0 Å². The van der Waals surface area contributed by atoms with Crippen LogP contribution in [0.2, 0.25) is 0 Å². The van der Waals surface area contributed by atoms with Gasteiger partial charge in [0.05, 0.1) is 21.9 Å². The van der Waals surface area contributed by atoms with E-state index in [9.17, 15) is 5.26 Å². The molecule has 0 unspecified atom stereocenters. The summed E-state index contributed by atoms with van der Waals surface area (Å²) >= 11 is 0. The van der Waals surface area contributed by atoms with Crippen molar-refractivity contribution in [2.45, 2.75) is 32.9 Å². The number of benzene rings is 1. The largest absolute Gasteiger partial charge is 0.368 e. The summed E-state index contributed by atoms with van der Waals surface area (Å²) in [6.07, 6.45) is 8.02. The molecule has 4 rings (SSSR count). The van der Waals surface area contributed by atoms with Crippen molar-refractivity contribution in [1.82, 2.24) is 19.6 Å². The van der Waals surface area contributed by atoms with Gasteiger partial charge in [-0.3, -0.25) is 4.40 Å². The van der Waals surface area contributed by atoms with Crippen LogP contribution in [-0.4, -0.2) is 39.5 Å². The number of aromatic nitrogens is 2. The molecule has 5 nitrogen and oxygen atoms in total. The summed E-state index contributed by atoms with van der Waals surface area (Å²) in [5, 5.41) is 15.5. The van der Waals surface area contributed by atoms with Crippen molar-refractivity contribution in [3.05, 3.63) is 71.3 Å². The number of nitriles is 1. The second kappa shape index (κ2) is 8.17. The lowest BCUT2D eigenvalue weighted by molar-refractivity contribution is 0.243. The molecule has 1 fully saturated rings. The molecular weight excluding hydrogens is 370 g/mol. The van der Waals surface area contributed by atoms with Gasteiger partial charge in [-0.2, -0.15) is 5.26 Å². The van der Waals surface area contributed by atoms with E-state index in [1.807, 2.05) is 43.3 Å². The van der Waals surface area contributed by atoms with E-state index in [1.165, 1.54) is 0 Å². The van der Waals surface area contributed by atoms with Gasteiger partial charge in [0.2, 0.25) is 0 Å². The highest BCUT2D eigenvalue weighted by Gasteiger charge is 2.23. The number of hydrogen-bond acceptors (Lipinski definition) is 4. The minimum absolute atomic E-state index is 0.383. The molecule has 0 spiro atoms. The van der Waals surface area contributed by atoms with Crippen LogP contribution in [0.25, 0.3) is 28.5 Å². The summed E-state index contributed by atoms with van der Waals surface area (Å²) in [5.74, 6) is 0. The maximum Gasteiger partial charge on any atom is 0.156 e. The van der Waals surface area contributed by atoms with Crippen LogP contribution in [0.1, 0.15) is 26.3 Å². The molecular formula is C25H27N5. The van der Waals surface area contributed by atoms with Crippen LogP contribution in [0.3, 0.4) is 0 Å². The second-order valence-corrected chi connectivity index (χ2v) is 7.89. The summed E-state index contributed by atoms with van der Waals surface area (Å²) in [4.78, 5) is 7.16. The third kappa shape index (κ3) is 3.40. The van der Waals surface area contributed by atoms with Crippen molar-refractivity contribution in [2.24, 2.45) is 0 Å². The molecule has 152 valence electrons. The predicted octanol–water partition coefficient (Wildman–Crippen LogP) is 2.69. The van der Waals surface area contributed by atoms with Crippen molar-refractivity contribution in [1.29, 1.82) is 5.26 Å². The Balaban J connectivity index is 2.19. The van der Waals surface area contributed by atoms with Crippen molar-refractivity contribution in [2.75, 3.05) is 13.1 Å². The standard InChI is InChI=1S/C25H27N5/c1-5-9-22(29-15-17(3)27-18(4)16-29)20-13-19(14-26)25-28-21-11-7-8-12-24(21)30(25)23(20)10-6-2/h5-13,17-18,27H,2,15-16H2,1,3-4H3/b9-5-,22-20+,23-10-/t17-,18+. The zero-order valence-corrected chi connectivity index (χ0v) is 17.8. The Morgan fingerprint density at radius 2 is 2.00 bits per heavy atom. The first-order chi connectivity index (χ1) is 14.6. The summed E-state index contributed by atoms with van der Waals surface area (Å²) in [6.45, 7) is 12.2. The third-order valence-electron chi connectivity index (χ3n) is 5.50. The van der Waals surface area contributed by atoms with Gasteiger partial charge in [0, 0.05) is 36.1 Å². The van der Waals surface area contributed by atoms with Crippen molar-refractivity contribution in [3.8, 4) is 6.07 Å². The van der Waals surface area contributed by atoms with Gasteiger partial charge in [0.15, 0.2) is 5.65 Å². The van der Waals surface area contributed by atoms with E-state index >= 15 is 0 Å². The molecule has 3 aromatic rings. The highest BCUT2D eigenvalue weighted by atomic mass is 15.2. The van der Waals surface area contributed by atoms with E-state index in [-0.39, 0.29) is 0 Å². The lowest BCUT2D eigenvalue weighted by Crippen LogP contribution is -2.54. The number of nitrogens with one attached hydrogen (secondary N) is 1. The van der Waals surface area contributed by atoms with E-state index in [0.29, 0.717) is 23.3 Å². The highest BCUT2D eigenvalue weighted by molar-refractivity contribution is 5.82. The molecule has 0 saturated carbocycles. The van der Waals surface area contributed by atoms with Gasteiger partial charge in [0.1, 0.15) is 6.07 Å². The van der Waals surface area contributed by atoms with E-state index in [1.54, 1.807) is 6.08 Å². The number of nitrogens with zero attached hydrogens (tertiary/aromatic N) is 4. The second-order valence-electron chi connectivity index (χ2n) is 7.89. The van der Waals surface area contributed by atoms with E-state index in [2.05, 4.69) is 53.3 Å². The minimum atomic E-state index is 0.383. The molecule has 30 heavy (non-hydrogen) atoms. The van der Waals surface area contributed by atoms with Crippen LogP contribution in [0, 0.1) is 11.3 Å². The zero-order valence-electron chi connectivity index (χ0n) is 17.8. The number of para-hydroxylation sites is 2. The maximum absolute atomic E-state index is 9.93. The fourth-order valence-corrected chi connectivity index (χ4v) is 4.46. The van der Waals surface area contributed by atoms with Gasteiger partial charge in [-0.1, -0.05) is 30.9 Å². The number of imidazole rings is 1. The highest BCUT2D eigenvalue weighted by Crippen LogP contribution is 2.17. The maximum atomic E-state index is 9.93. The molecule has 1 aliphatic heterocycles. The Morgan fingerprint density at radius 1 is 1.27 bits per heavy atom. The van der Waals surface area contributed by atoms with Crippen LogP contribution >= 0.6 is 0 Å². The van der Waals surface area contributed by atoms with Gasteiger partial charge in [-0.15, -0.1) is 0 Å². The molecule has 1 N–H and O–H groups in total. The monoisotopic (exact) mass is 397 g/mol. The molecule has 2 atom stereocenters. The molecule has 0 aliphatic carbocycles. The lowest BCUT2D eigenvalue weighted by atomic mass is 10.1. The molecule has 5 heteroatoms. The van der Waals surface area contributed by atoms with Crippen LogP contribution in [0.5, 0.6) is 0 Å². The average Bonchev–Trinajstić information content (AvgIpc) is 3.11. The van der Waals surface area contributed by atoms with Crippen molar-refractivity contribution in [3.63, 3.8) is 0 Å². The molecule has 1 aliphatic rings.